The number of nitriles is 1. The van der Waals surface area contributed by atoms with Crippen molar-refractivity contribution in [2.75, 3.05) is 19.1 Å². The normalized spacial score (nSPS) is 9.90. The number of anilines is 1. The Bertz CT molecular complexity index is 631. The van der Waals surface area contributed by atoms with Crippen LogP contribution in [0.5, 0.6) is 5.75 Å². The second-order valence-corrected chi connectivity index (χ2v) is 4.31. The number of hydrogen-bond donors (Lipinski definition) is 0. The lowest BCUT2D eigenvalue weighted by Gasteiger charge is -2.10. The van der Waals surface area contributed by atoms with Crippen LogP contribution in [0.4, 0.5) is 5.95 Å². The molecule has 2 aromatic rings. The van der Waals surface area contributed by atoms with E-state index in [0.717, 1.165) is 28.9 Å². The molecule has 2 rings (SSSR count). The zero-order valence-corrected chi connectivity index (χ0v) is 11.8. The number of methoxy groups -OCH3 is 1. The molecule has 0 radical (unpaired) electrons. The Morgan fingerprint density at radius 3 is 2.50 bits per heavy atom. The first kappa shape index (κ1) is 13.8. The van der Waals surface area contributed by atoms with Gasteiger partial charge in [0.1, 0.15) is 5.75 Å². The van der Waals surface area contributed by atoms with E-state index >= 15 is 0 Å². The van der Waals surface area contributed by atoms with Crippen LogP contribution in [0.1, 0.15) is 12.5 Å². The molecule has 0 bridgehead atoms. The van der Waals surface area contributed by atoms with Crippen LogP contribution in [0.15, 0.2) is 30.6 Å². The Kier molecular flexibility index (Phi) is 4.16. The molecule has 0 atom stereocenters. The summed E-state index contributed by atoms with van der Waals surface area (Å²) in [6, 6.07) is 6.00. The molecule has 102 valence electrons. The average Bonchev–Trinajstić information content (AvgIpc) is 2.53. The van der Waals surface area contributed by atoms with E-state index in [0.29, 0.717) is 5.95 Å². The van der Waals surface area contributed by atoms with Gasteiger partial charge >= 0.3 is 0 Å². The van der Waals surface area contributed by atoms with Gasteiger partial charge in [-0.15, -0.1) is 0 Å². The quantitative estimate of drug-likeness (QED) is 0.630. The first-order chi connectivity index (χ1) is 9.69. The molecule has 5 nitrogen and oxygen atoms in total. The van der Waals surface area contributed by atoms with Crippen LogP contribution in [0.25, 0.3) is 11.1 Å². The lowest BCUT2D eigenvalue weighted by atomic mass is 10.0. The molecule has 0 saturated carbocycles. The number of aromatic nitrogens is 2. The lowest BCUT2D eigenvalue weighted by Crippen LogP contribution is -2.11. The molecule has 0 spiro atoms. The highest BCUT2D eigenvalue weighted by Crippen LogP contribution is 2.26. The molecule has 0 saturated heterocycles. The number of rotatable bonds is 4. The van der Waals surface area contributed by atoms with Crippen LogP contribution >= 0.6 is 0 Å². The van der Waals surface area contributed by atoms with Gasteiger partial charge in [-0.3, -0.25) is 4.90 Å². The van der Waals surface area contributed by atoms with E-state index in [-0.39, 0.29) is 0 Å². The Morgan fingerprint density at radius 1 is 1.25 bits per heavy atom. The Hall–Kier alpha value is -2.61. The van der Waals surface area contributed by atoms with E-state index in [1.807, 2.05) is 18.3 Å². The Morgan fingerprint density at radius 2 is 1.95 bits per heavy atom. The molecule has 0 aliphatic rings. The smallest absolute Gasteiger partial charge is 0.238 e. The summed E-state index contributed by atoms with van der Waals surface area (Å²) in [5.41, 5.74) is 3.09. The van der Waals surface area contributed by atoms with Crippen molar-refractivity contribution in [1.29, 1.82) is 5.26 Å². The van der Waals surface area contributed by atoms with E-state index in [2.05, 4.69) is 23.0 Å². The maximum absolute atomic E-state index is 8.78. The molecule has 0 fully saturated rings. The van der Waals surface area contributed by atoms with Crippen LogP contribution in [-0.4, -0.2) is 24.1 Å². The maximum atomic E-state index is 8.78. The van der Waals surface area contributed by atoms with Crippen molar-refractivity contribution in [2.24, 2.45) is 0 Å². The van der Waals surface area contributed by atoms with E-state index in [4.69, 9.17) is 10.00 Å². The summed E-state index contributed by atoms with van der Waals surface area (Å²) in [5.74, 6) is 1.28. The third kappa shape index (κ3) is 2.69. The van der Waals surface area contributed by atoms with E-state index in [9.17, 15) is 0 Å². The van der Waals surface area contributed by atoms with Gasteiger partial charge < -0.3 is 4.74 Å². The summed E-state index contributed by atoms with van der Waals surface area (Å²) in [6.07, 6.45) is 6.30. The monoisotopic (exact) mass is 268 g/mol. The first-order valence-electron chi connectivity index (χ1n) is 6.32. The molecular weight excluding hydrogens is 252 g/mol. The largest absolute Gasteiger partial charge is 0.496 e. The fraction of sp³-hybridized carbons (Fsp3) is 0.267. The second kappa shape index (κ2) is 6.02. The summed E-state index contributed by atoms with van der Waals surface area (Å²) in [5, 5.41) is 8.78. The van der Waals surface area contributed by atoms with Crippen molar-refractivity contribution in [1.82, 2.24) is 9.97 Å². The third-order valence-corrected chi connectivity index (χ3v) is 3.08. The summed E-state index contributed by atoms with van der Waals surface area (Å²) >= 11 is 0. The second-order valence-electron chi connectivity index (χ2n) is 4.31. The maximum Gasteiger partial charge on any atom is 0.238 e. The van der Waals surface area contributed by atoms with Crippen LogP contribution in [0, 0.1) is 11.5 Å². The van der Waals surface area contributed by atoms with Gasteiger partial charge in [-0.05, 0) is 29.7 Å². The minimum atomic E-state index is 0.389. The molecule has 1 heterocycles. The van der Waals surface area contributed by atoms with E-state index < -0.39 is 0 Å². The zero-order valence-electron chi connectivity index (χ0n) is 11.8. The Balaban J connectivity index is 2.35. The highest BCUT2D eigenvalue weighted by molar-refractivity contribution is 5.64. The molecule has 20 heavy (non-hydrogen) atoms. The molecular formula is C15H16N4O. The number of aryl methyl sites for hydroxylation is 1. The number of ether oxygens (including phenoxy) is 1. The van der Waals surface area contributed by atoms with Gasteiger partial charge in [0.2, 0.25) is 5.95 Å². The molecule has 0 aliphatic heterocycles. The van der Waals surface area contributed by atoms with E-state index in [1.165, 1.54) is 4.90 Å². The van der Waals surface area contributed by atoms with Crippen LogP contribution < -0.4 is 9.64 Å². The summed E-state index contributed by atoms with van der Waals surface area (Å²) in [7, 11) is 3.29. The van der Waals surface area contributed by atoms with Crippen molar-refractivity contribution in [2.45, 2.75) is 13.3 Å². The molecule has 0 unspecified atom stereocenters. The number of benzene rings is 1. The van der Waals surface area contributed by atoms with Gasteiger partial charge in [-0.2, -0.15) is 5.26 Å². The molecule has 1 aromatic carbocycles. The van der Waals surface area contributed by atoms with Crippen molar-refractivity contribution in [3.05, 3.63) is 36.2 Å². The first-order valence-corrected chi connectivity index (χ1v) is 6.32. The highest BCUT2D eigenvalue weighted by Gasteiger charge is 2.07. The van der Waals surface area contributed by atoms with Crippen LogP contribution in [-0.2, 0) is 6.42 Å². The van der Waals surface area contributed by atoms with Crippen molar-refractivity contribution >= 4 is 5.95 Å². The van der Waals surface area contributed by atoms with Crippen molar-refractivity contribution < 1.29 is 4.74 Å². The number of nitrogens with zero attached hydrogens (tertiary/aromatic N) is 4. The predicted octanol–water partition coefficient (Wildman–Crippen LogP) is 2.63. The Labute approximate surface area is 118 Å². The highest BCUT2D eigenvalue weighted by atomic mass is 16.5. The fourth-order valence-corrected chi connectivity index (χ4v) is 1.92. The van der Waals surface area contributed by atoms with Crippen LogP contribution in [0.3, 0.4) is 0 Å². The molecule has 5 heteroatoms. The van der Waals surface area contributed by atoms with Gasteiger partial charge in [-0.1, -0.05) is 13.0 Å². The SMILES string of the molecule is CCc1cc(-c2cnc(N(C)C#N)nc2)ccc1OC. The zero-order chi connectivity index (χ0) is 14.5. The summed E-state index contributed by atoms with van der Waals surface area (Å²) < 4.78 is 5.32. The summed E-state index contributed by atoms with van der Waals surface area (Å²) in [6.45, 7) is 2.09. The van der Waals surface area contributed by atoms with Crippen LogP contribution in [0.2, 0.25) is 0 Å². The molecule has 0 N–H and O–H groups in total. The van der Waals surface area contributed by atoms with Crippen molar-refractivity contribution in [3.63, 3.8) is 0 Å². The van der Waals surface area contributed by atoms with Gasteiger partial charge in [0.15, 0.2) is 6.19 Å². The predicted molar refractivity (Wildman–Crippen MR) is 77.4 cm³/mol. The van der Waals surface area contributed by atoms with Gasteiger partial charge in [-0.25, -0.2) is 9.97 Å². The lowest BCUT2D eigenvalue weighted by molar-refractivity contribution is 0.410. The average molecular weight is 268 g/mol. The summed E-state index contributed by atoms with van der Waals surface area (Å²) in [4.78, 5) is 9.68. The van der Waals surface area contributed by atoms with Gasteiger partial charge in [0.05, 0.1) is 7.11 Å². The van der Waals surface area contributed by atoms with Crippen molar-refractivity contribution in [3.8, 4) is 23.1 Å². The third-order valence-electron chi connectivity index (χ3n) is 3.08. The van der Waals surface area contributed by atoms with E-state index in [1.54, 1.807) is 26.6 Å². The van der Waals surface area contributed by atoms with Gasteiger partial charge in [0, 0.05) is 25.0 Å². The minimum Gasteiger partial charge on any atom is -0.496 e. The number of hydrogen-bond acceptors (Lipinski definition) is 5. The standard InChI is InChI=1S/C15H16N4O/c1-4-11-7-12(5-6-14(11)20-3)13-8-17-15(18-9-13)19(2)10-16/h5-9H,4H2,1-3H3. The van der Waals surface area contributed by atoms with Gasteiger partial charge in [0.25, 0.3) is 0 Å². The topological polar surface area (TPSA) is 62.0 Å². The molecule has 0 aliphatic carbocycles. The molecule has 0 amide bonds. The molecule has 1 aromatic heterocycles. The fourth-order valence-electron chi connectivity index (χ4n) is 1.92. The minimum absolute atomic E-state index is 0.389.